The van der Waals surface area contributed by atoms with Crippen LogP contribution in [0.4, 0.5) is 14.9 Å². The number of amides is 2. The predicted octanol–water partition coefficient (Wildman–Crippen LogP) is 3.44. The van der Waals surface area contributed by atoms with E-state index in [1.54, 1.807) is 6.07 Å². The number of nitrogens with one attached hydrogen (secondary N) is 2. The highest BCUT2D eigenvalue weighted by Crippen LogP contribution is 2.36. The van der Waals surface area contributed by atoms with Gasteiger partial charge in [-0.2, -0.15) is 0 Å². The molecule has 10 heteroatoms. The minimum Gasteiger partial charge on any atom is -0.472 e. The molecule has 0 unspecified atom stereocenters. The zero-order valence-corrected chi connectivity index (χ0v) is 19.4. The minimum absolute atomic E-state index is 0.00610. The number of nitrogens with zero attached hydrogens (tertiary/aromatic N) is 2. The molecule has 2 aromatic rings. The normalized spacial score (nSPS) is 17.4. The maximum atomic E-state index is 14.8. The Labute approximate surface area is 202 Å². The zero-order valence-electron chi connectivity index (χ0n) is 18.6. The average Bonchev–Trinajstić information content (AvgIpc) is 2.75. The summed E-state index contributed by atoms with van der Waals surface area (Å²) in [6, 6.07) is 13.7. The second kappa shape index (κ2) is 10.4. The predicted molar refractivity (Wildman–Crippen MR) is 129 cm³/mol. The van der Waals surface area contributed by atoms with Crippen LogP contribution in [0.5, 0.6) is 5.75 Å². The third-order valence-corrected chi connectivity index (χ3v) is 6.41. The highest BCUT2D eigenvalue weighted by molar-refractivity contribution is 7.80. The molecule has 0 atom stereocenters. The van der Waals surface area contributed by atoms with Crippen molar-refractivity contribution in [2.45, 2.75) is 31.4 Å². The summed E-state index contributed by atoms with van der Waals surface area (Å²) >= 11 is 5.16. The first-order valence-corrected chi connectivity index (χ1v) is 11.6. The van der Waals surface area contributed by atoms with Gasteiger partial charge < -0.3 is 25.4 Å². The number of carbonyl (C=O) groups is 2. The van der Waals surface area contributed by atoms with Gasteiger partial charge in [-0.1, -0.05) is 30.3 Å². The fourth-order valence-electron chi connectivity index (χ4n) is 4.24. The first-order chi connectivity index (χ1) is 16.3. The second-order valence-electron chi connectivity index (χ2n) is 8.46. The molecule has 2 aromatic carbocycles. The van der Waals surface area contributed by atoms with Gasteiger partial charge in [0.2, 0.25) is 5.91 Å². The lowest BCUT2D eigenvalue weighted by Gasteiger charge is -2.51. The van der Waals surface area contributed by atoms with E-state index in [4.69, 9.17) is 17.0 Å². The molecule has 0 aliphatic carbocycles. The van der Waals surface area contributed by atoms with Crippen LogP contribution in [-0.4, -0.2) is 63.9 Å². The minimum atomic E-state index is -0.939. The van der Waals surface area contributed by atoms with Crippen LogP contribution in [0, 0.1) is 5.82 Å². The van der Waals surface area contributed by atoms with Crippen LogP contribution in [0.25, 0.3) is 0 Å². The molecule has 0 spiro atoms. The third kappa shape index (κ3) is 5.63. The maximum absolute atomic E-state index is 14.8. The van der Waals surface area contributed by atoms with Crippen LogP contribution in [0.15, 0.2) is 48.5 Å². The molecule has 0 aromatic heterocycles. The fraction of sp³-hybridized carbons (Fsp3) is 0.375. The maximum Gasteiger partial charge on any atom is 0.407 e. The Morgan fingerprint density at radius 1 is 1.09 bits per heavy atom. The van der Waals surface area contributed by atoms with Crippen molar-refractivity contribution in [1.82, 2.24) is 15.1 Å². The van der Waals surface area contributed by atoms with Crippen molar-refractivity contribution in [3.8, 4) is 5.75 Å². The van der Waals surface area contributed by atoms with Crippen molar-refractivity contribution in [2.24, 2.45) is 0 Å². The van der Waals surface area contributed by atoms with Gasteiger partial charge in [0, 0.05) is 45.1 Å². The number of carbonyl (C=O) groups excluding carboxylic acids is 1. The molecule has 3 N–H and O–H groups in total. The molecule has 2 saturated heterocycles. The number of hydrogen-bond acceptors (Lipinski definition) is 5. The van der Waals surface area contributed by atoms with Gasteiger partial charge in [0.1, 0.15) is 11.6 Å². The van der Waals surface area contributed by atoms with Gasteiger partial charge in [0.15, 0.2) is 10.8 Å². The van der Waals surface area contributed by atoms with Crippen molar-refractivity contribution >= 4 is 35.0 Å². The molecule has 0 radical (unpaired) electrons. The van der Waals surface area contributed by atoms with E-state index in [0.717, 1.165) is 25.1 Å². The third-order valence-electron chi connectivity index (χ3n) is 6.20. The smallest absolute Gasteiger partial charge is 0.407 e. The lowest BCUT2D eigenvalue weighted by molar-refractivity contribution is -0.144. The molecule has 2 amide bonds. The van der Waals surface area contributed by atoms with Crippen molar-refractivity contribution in [3.63, 3.8) is 0 Å². The van der Waals surface area contributed by atoms with E-state index in [1.165, 1.54) is 17.0 Å². The molecule has 0 bridgehead atoms. The van der Waals surface area contributed by atoms with Gasteiger partial charge in [-0.25, -0.2) is 9.18 Å². The molecule has 2 heterocycles. The van der Waals surface area contributed by atoms with Crippen LogP contribution in [0.2, 0.25) is 0 Å². The summed E-state index contributed by atoms with van der Waals surface area (Å²) in [5.74, 6) is -0.509. The summed E-state index contributed by atoms with van der Waals surface area (Å²) in [4.78, 5) is 27.0. The number of carboxylic acid groups (broad SMARTS) is 1. The molecule has 34 heavy (non-hydrogen) atoms. The number of thiocarbonyl (C=S) groups is 1. The summed E-state index contributed by atoms with van der Waals surface area (Å²) in [6.45, 7) is 2.47. The van der Waals surface area contributed by atoms with Gasteiger partial charge in [0.05, 0.1) is 12.1 Å². The van der Waals surface area contributed by atoms with Crippen molar-refractivity contribution < 1.29 is 23.8 Å². The molecule has 4 rings (SSSR count). The van der Waals surface area contributed by atoms with Crippen LogP contribution < -0.4 is 15.4 Å². The summed E-state index contributed by atoms with van der Waals surface area (Å²) < 4.78 is 21.1. The number of halogens is 1. The Balaban J connectivity index is 1.37. The van der Waals surface area contributed by atoms with E-state index in [9.17, 15) is 19.1 Å². The first kappa shape index (κ1) is 23.9. The lowest BCUT2D eigenvalue weighted by Crippen LogP contribution is -2.63. The van der Waals surface area contributed by atoms with Crippen LogP contribution in [0.3, 0.4) is 0 Å². The zero-order chi connectivity index (χ0) is 24.1. The summed E-state index contributed by atoms with van der Waals surface area (Å²) in [5, 5.41) is 14.5. The SMILES string of the molecule is O=C(Cc1ccccc1)NC(=S)Nc1ccc(OC2(N3CCC3)CCN(C(=O)O)CC2)cc1F. The number of likely N-dealkylation sites (tertiary alicyclic amines) is 2. The highest BCUT2D eigenvalue weighted by atomic mass is 32.1. The fourth-order valence-corrected chi connectivity index (χ4v) is 4.46. The van der Waals surface area contributed by atoms with Gasteiger partial charge >= 0.3 is 6.09 Å². The summed E-state index contributed by atoms with van der Waals surface area (Å²) in [6.07, 6.45) is 1.30. The van der Waals surface area contributed by atoms with E-state index in [1.807, 2.05) is 30.3 Å². The van der Waals surface area contributed by atoms with E-state index in [0.29, 0.717) is 31.7 Å². The second-order valence-corrected chi connectivity index (χ2v) is 8.87. The summed E-state index contributed by atoms with van der Waals surface area (Å²) in [5.41, 5.74) is 0.323. The molecular weight excluding hydrogens is 459 g/mol. The number of rotatable bonds is 6. The molecular formula is C24H27FN4O4S. The molecule has 180 valence electrons. The van der Waals surface area contributed by atoms with E-state index in [-0.39, 0.29) is 23.1 Å². The Morgan fingerprint density at radius 2 is 1.79 bits per heavy atom. The number of benzene rings is 2. The monoisotopic (exact) mass is 486 g/mol. The quantitative estimate of drug-likeness (QED) is 0.539. The van der Waals surface area contributed by atoms with Crippen LogP contribution in [0.1, 0.15) is 24.8 Å². The Morgan fingerprint density at radius 3 is 2.38 bits per heavy atom. The Hall–Kier alpha value is -3.24. The number of hydrogen-bond donors (Lipinski definition) is 3. The highest BCUT2D eigenvalue weighted by Gasteiger charge is 2.45. The van der Waals surface area contributed by atoms with Crippen molar-refractivity contribution in [1.29, 1.82) is 0 Å². The largest absolute Gasteiger partial charge is 0.472 e. The van der Waals surface area contributed by atoms with E-state index >= 15 is 0 Å². The van der Waals surface area contributed by atoms with Crippen molar-refractivity contribution in [3.05, 3.63) is 59.9 Å². The van der Waals surface area contributed by atoms with Gasteiger partial charge in [0.25, 0.3) is 0 Å². The van der Waals surface area contributed by atoms with Crippen molar-refractivity contribution in [2.75, 3.05) is 31.5 Å². The topological polar surface area (TPSA) is 94.1 Å². The number of anilines is 1. The molecule has 2 aliphatic rings. The Bertz CT molecular complexity index is 1060. The molecule has 2 fully saturated rings. The standard InChI is InChI=1S/C24H27FN4O4S/c25-19-16-18(33-24(29-11-4-12-29)9-13-28(14-10-24)23(31)32)7-8-20(19)26-22(34)27-21(30)15-17-5-2-1-3-6-17/h1-3,5-8,16H,4,9-15H2,(H,31,32)(H2,26,27,30,34). The molecule has 0 saturated carbocycles. The lowest BCUT2D eigenvalue weighted by atomic mass is 9.95. The van der Waals surface area contributed by atoms with Gasteiger partial charge in [-0.05, 0) is 36.3 Å². The number of ether oxygens (including phenoxy) is 1. The number of piperidine rings is 1. The van der Waals surface area contributed by atoms with Gasteiger partial charge in [-0.15, -0.1) is 0 Å². The molecule has 8 nitrogen and oxygen atoms in total. The van der Waals surface area contributed by atoms with Gasteiger partial charge in [-0.3, -0.25) is 9.69 Å². The average molecular weight is 487 g/mol. The van der Waals surface area contributed by atoms with Crippen LogP contribution in [-0.2, 0) is 11.2 Å². The first-order valence-electron chi connectivity index (χ1n) is 11.2. The van der Waals surface area contributed by atoms with E-state index < -0.39 is 17.6 Å². The summed E-state index contributed by atoms with van der Waals surface area (Å²) in [7, 11) is 0. The molecule has 2 aliphatic heterocycles. The van der Waals surface area contributed by atoms with Crippen LogP contribution >= 0.6 is 12.2 Å². The van der Waals surface area contributed by atoms with E-state index in [2.05, 4.69) is 15.5 Å². The Kier molecular flexibility index (Phi) is 7.28.